The van der Waals surface area contributed by atoms with Gasteiger partial charge in [-0.2, -0.15) is 0 Å². The highest BCUT2D eigenvalue weighted by molar-refractivity contribution is 6.11. The summed E-state index contributed by atoms with van der Waals surface area (Å²) in [5.74, 6) is 0.296. The van der Waals surface area contributed by atoms with Gasteiger partial charge in [0.1, 0.15) is 5.82 Å². The Kier molecular flexibility index (Phi) is 6.00. The summed E-state index contributed by atoms with van der Waals surface area (Å²) in [6, 6.07) is 4.05. The number of hydrogen-bond donors (Lipinski definition) is 2. The number of benzene rings is 1. The summed E-state index contributed by atoms with van der Waals surface area (Å²) in [6.45, 7) is 4.66. The Morgan fingerprint density at radius 2 is 2.07 bits per heavy atom. The lowest BCUT2D eigenvalue weighted by Gasteiger charge is -2.14. The number of hydrogen-bond acceptors (Lipinski definition) is 4. The molecule has 0 saturated heterocycles. The van der Waals surface area contributed by atoms with E-state index in [1.54, 1.807) is 19.2 Å². The Bertz CT molecular complexity index is 1120. The van der Waals surface area contributed by atoms with Crippen molar-refractivity contribution >= 4 is 33.5 Å². The van der Waals surface area contributed by atoms with Crippen molar-refractivity contribution in [1.82, 2.24) is 14.9 Å². The predicted octanol–water partition coefficient (Wildman–Crippen LogP) is 3.79. The second kappa shape index (κ2) is 8.46. The Labute approximate surface area is 167 Å². The van der Waals surface area contributed by atoms with Crippen molar-refractivity contribution in [2.45, 2.75) is 26.7 Å². The van der Waals surface area contributed by atoms with Crippen LogP contribution in [-0.2, 0) is 7.05 Å². The molecule has 0 aliphatic carbocycles. The minimum atomic E-state index is -0.500. The molecule has 0 unspecified atom stereocenters. The zero-order chi connectivity index (χ0) is 21.1. The lowest BCUT2D eigenvalue weighted by molar-refractivity contribution is 0.254. The molecule has 2 N–H and O–H groups in total. The van der Waals surface area contributed by atoms with E-state index < -0.39 is 11.8 Å². The standard InChI is InChI=1S/C21H25FN4O3/c1-12(2)6-5-9-29-17-11-16-14(10-15(17)22)13-7-8-24-19(25-21(28)23-3)18(13)20(27)26(16)4/h7-8,10-12H,5-6,9H2,1-4H3,(H2,23,24,25,28). The van der Waals surface area contributed by atoms with Crippen molar-refractivity contribution in [2.75, 3.05) is 19.0 Å². The molecular formula is C21H25FN4O3. The second-order valence-electron chi connectivity index (χ2n) is 7.33. The van der Waals surface area contributed by atoms with Gasteiger partial charge in [0, 0.05) is 37.1 Å². The summed E-state index contributed by atoms with van der Waals surface area (Å²) in [5, 5.41) is 6.23. The summed E-state index contributed by atoms with van der Waals surface area (Å²) in [5.41, 5.74) is 0.198. The van der Waals surface area contributed by atoms with Crippen LogP contribution in [0.2, 0.25) is 0 Å². The largest absolute Gasteiger partial charge is 0.490 e. The van der Waals surface area contributed by atoms with Gasteiger partial charge in [-0.15, -0.1) is 0 Å². The number of rotatable bonds is 6. The number of nitrogens with zero attached hydrogens (tertiary/aromatic N) is 2. The summed E-state index contributed by atoms with van der Waals surface area (Å²) < 4.78 is 21.8. The van der Waals surface area contributed by atoms with Gasteiger partial charge in [-0.1, -0.05) is 13.8 Å². The third kappa shape index (κ3) is 4.16. The van der Waals surface area contributed by atoms with E-state index in [9.17, 15) is 14.0 Å². The first-order valence-electron chi connectivity index (χ1n) is 9.56. The summed E-state index contributed by atoms with van der Waals surface area (Å²) in [4.78, 5) is 28.8. The van der Waals surface area contributed by atoms with Crippen molar-refractivity contribution in [3.8, 4) is 5.75 Å². The van der Waals surface area contributed by atoms with Crippen LogP contribution in [0.4, 0.5) is 15.0 Å². The number of aromatic nitrogens is 2. The number of urea groups is 1. The van der Waals surface area contributed by atoms with E-state index in [0.717, 1.165) is 12.8 Å². The number of carbonyl (C=O) groups excluding carboxylic acids is 1. The molecule has 0 spiro atoms. The molecule has 0 aliphatic rings. The van der Waals surface area contributed by atoms with E-state index in [-0.39, 0.29) is 22.5 Å². The van der Waals surface area contributed by atoms with Crippen molar-refractivity contribution in [1.29, 1.82) is 0 Å². The predicted molar refractivity (Wildman–Crippen MR) is 112 cm³/mol. The molecule has 0 saturated carbocycles. The van der Waals surface area contributed by atoms with Crippen molar-refractivity contribution < 1.29 is 13.9 Å². The van der Waals surface area contributed by atoms with E-state index in [4.69, 9.17) is 4.74 Å². The van der Waals surface area contributed by atoms with Gasteiger partial charge >= 0.3 is 6.03 Å². The van der Waals surface area contributed by atoms with Crippen LogP contribution in [0, 0.1) is 11.7 Å². The number of nitrogens with one attached hydrogen (secondary N) is 2. The number of amides is 2. The van der Waals surface area contributed by atoms with Crippen molar-refractivity contribution in [3.05, 3.63) is 40.6 Å². The number of ether oxygens (including phenoxy) is 1. The van der Waals surface area contributed by atoms with Crippen LogP contribution >= 0.6 is 0 Å². The monoisotopic (exact) mass is 400 g/mol. The maximum Gasteiger partial charge on any atom is 0.320 e. The molecule has 2 amide bonds. The normalized spacial score (nSPS) is 11.2. The fourth-order valence-electron chi connectivity index (χ4n) is 3.26. The number of anilines is 1. The minimum Gasteiger partial charge on any atom is -0.490 e. The first kappa shape index (κ1) is 20.6. The fraction of sp³-hybridized carbons (Fsp3) is 0.381. The molecule has 0 bridgehead atoms. The molecule has 29 heavy (non-hydrogen) atoms. The molecule has 154 valence electrons. The van der Waals surface area contributed by atoms with Gasteiger partial charge in [-0.25, -0.2) is 14.2 Å². The van der Waals surface area contributed by atoms with E-state index in [0.29, 0.717) is 28.8 Å². The number of carbonyl (C=O) groups is 1. The quantitative estimate of drug-likeness (QED) is 0.487. The molecule has 0 aliphatic heterocycles. The first-order chi connectivity index (χ1) is 13.8. The zero-order valence-corrected chi connectivity index (χ0v) is 17.0. The maximum absolute atomic E-state index is 14.7. The summed E-state index contributed by atoms with van der Waals surface area (Å²) >= 11 is 0. The van der Waals surface area contributed by atoms with Gasteiger partial charge in [0.15, 0.2) is 11.6 Å². The second-order valence-corrected chi connectivity index (χ2v) is 7.33. The molecular weight excluding hydrogens is 375 g/mol. The van der Waals surface area contributed by atoms with Gasteiger partial charge in [-0.05, 0) is 30.9 Å². The molecule has 2 aromatic heterocycles. The molecule has 0 radical (unpaired) electrons. The Hall–Kier alpha value is -3.16. The molecule has 1 aromatic carbocycles. The van der Waals surface area contributed by atoms with Gasteiger partial charge in [-0.3, -0.25) is 10.1 Å². The molecule has 0 atom stereocenters. The molecule has 0 fully saturated rings. The molecule has 7 nitrogen and oxygen atoms in total. The maximum atomic E-state index is 14.7. The number of pyridine rings is 2. The SMILES string of the molecule is CNC(=O)Nc1nccc2c1c(=O)n(C)c1cc(OCCCC(C)C)c(F)cc21. The lowest BCUT2D eigenvalue weighted by atomic mass is 10.1. The fourth-order valence-corrected chi connectivity index (χ4v) is 3.26. The molecule has 8 heteroatoms. The highest BCUT2D eigenvalue weighted by Gasteiger charge is 2.17. The molecule has 3 rings (SSSR count). The minimum absolute atomic E-state index is 0.119. The van der Waals surface area contributed by atoms with E-state index in [1.165, 1.54) is 23.9 Å². The van der Waals surface area contributed by atoms with E-state index in [1.807, 2.05) is 0 Å². The van der Waals surface area contributed by atoms with Crippen LogP contribution in [-0.4, -0.2) is 29.2 Å². The highest BCUT2D eigenvalue weighted by Crippen LogP contribution is 2.30. The summed E-state index contributed by atoms with van der Waals surface area (Å²) in [6.07, 6.45) is 3.29. The smallest absolute Gasteiger partial charge is 0.320 e. The van der Waals surface area contributed by atoms with Gasteiger partial charge in [0.05, 0.1) is 17.5 Å². The van der Waals surface area contributed by atoms with E-state index in [2.05, 4.69) is 29.5 Å². The van der Waals surface area contributed by atoms with Crippen LogP contribution in [0.5, 0.6) is 5.75 Å². The zero-order valence-electron chi connectivity index (χ0n) is 17.0. The summed E-state index contributed by atoms with van der Waals surface area (Å²) in [7, 11) is 3.06. The third-order valence-corrected chi connectivity index (χ3v) is 4.81. The van der Waals surface area contributed by atoms with Crippen LogP contribution in [0.1, 0.15) is 26.7 Å². The van der Waals surface area contributed by atoms with Crippen LogP contribution in [0.15, 0.2) is 29.2 Å². The average Bonchev–Trinajstić information content (AvgIpc) is 2.69. The van der Waals surface area contributed by atoms with Gasteiger partial charge in [0.25, 0.3) is 5.56 Å². The first-order valence-corrected chi connectivity index (χ1v) is 9.56. The van der Waals surface area contributed by atoms with E-state index >= 15 is 0 Å². The van der Waals surface area contributed by atoms with Crippen molar-refractivity contribution in [2.24, 2.45) is 13.0 Å². The van der Waals surface area contributed by atoms with Crippen LogP contribution < -0.4 is 20.9 Å². The average molecular weight is 400 g/mol. The lowest BCUT2D eigenvalue weighted by Crippen LogP contribution is -2.27. The van der Waals surface area contributed by atoms with Crippen LogP contribution in [0.25, 0.3) is 21.7 Å². The molecule has 3 aromatic rings. The Morgan fingerprint density at radius 3 is 2.76 bits per heavy atom. The van der Waals surface area contributed by atoms with Crippen LogP contribution in [0.3, 0.4) is 0 Å². The molecule has 2 heterocycles. The Morgan fingerprint density at radius 1 is 1.31 bits per heavy atom. The van der Waals surface area contributed by atoms with Gasteiger partial charge in [0.2, 0.25) is 0 Å². The highest BCUT2D eigenvalue weighted by atomic mass is 19.1. The van der Waals surface area contributed by atoms with Gasteiger partial charge < -0.3 is 14.6 Å². The van der Waals surface area contributed by atoms with Crippen molar-refractivity contribution in [3.63, 3.8) is 0 Å². The third-order valence-electron chi connectivity index (χ3n) is 4.81. The topological polar surface area (TPSA) is 85.3 Å². The number of aryl methyl sites for hydroxylation is 1. The number of halogens is 1. The Balaban J connectivity index is 2.11. The number of fused-ring (bicyclic) bond motifs is 3.